The minimum absolute atomic E-state index is 0.0944. The number of amides is 1. The molecule has 25 heavy (non-hydrogen) atoms. The fraction of sp³-hybridized carbons (Fsp3) is 0.667. The van der Waals surface area contributed by atoms with Gasteiger partial charge in [0, 0.05) is 18.8 Å². The molecule has 0 saturated carbocycles. The zero-order valence-electron chi connectivity index (χ0n) is 15.9. The Morgan fingerprint density at radius 3 is 2.68 bits per heavy atom. The second-order valence-corrected chi connectivity index (χ2v) is 7.85. The van der Waals surface area contributed by atoms with E-state index in [1.807, 2.05) is 19.1 Å². The number of hydrogen-bond donors (Lipinski definition) is 1. The molecule has 0 aliphatic carbocycles. The first-order valence-electron chi connectivity index (χ1n) is 9.84. The highest BCUT2D eigenvalue weighted by molar-refractivity contribution is 5.81. The number of piperidine rings is 1. The molecule has 3 aliphatic heterocycles. The molecule has 4 heteroatoms. The van der Waals surface area contributed by atoms with Crippen molar-refractivity contribution < 1.29 is 9.53 Å². The summed E-state index contributed by atoms with van der Waals surface area (Å²) in [5.41, 5.74) is 1.40. The van der Waals surface area contributed by atoms with Crippen molar-refractivity contribution in [3.05, 3.63) is 24.3 Å². The number of fused-ring (bicyclic) bond motifs is 4. The molecule has 3 aliphatic rings. The van der Waals surface area contributed by atoms with E-state index in [-0.39, 0.29) is 17.2 Å². The van der Waals surface area contributed by atoms with E-state index in [0.29, 0.717) is 12.6 Å². The second-order valence-electron chi connectivity index (χ2n) is 7.85. The Balaban J connectivity index is 1.84. The molecule has 4 rings (SSSR count). The van der Waals surface area contributed by atoms with E-state index >= 15 is 0 Å². The first kappa shape index (κ1) is 18.1. The molecule has 1 aromatic rings. The number of unbranched alkanes of at least 4 members (excludes halogenated alkanes) is 2. The van der Waals surface area contributed by atoms with Gasteiger partial charge < -0.3 is 15.0 Å². The van der Waals surface area contributed by atoms with Crippen molar-refractivity contribution in [2.24, 2.45) is 11.3 Å². The molecule has 2 bridgehead atoms. The third-order valence-electron chi connectivity index (χ3n) is 5.98. The average molecular weight is 344 g/mol. The average Bonchev–Trinajstić information content (AvgIpc) is 2.83. The topological polar surface area (TPSA) is 41.6 Å². The zero-order valence-corrected chi connectivity index (χ0v) is 15.9. The van der Waals surface area contributed by atoms with Gasteiger partial charge in [-0.25, -0.2) is 0 Å². The SMILES string of the molecule is CCCCCC1(C)C[C@H]2CN(c3ccc(OCC)cc3)[C@@H]1CNC2=O. The molecule has 1 aromatic carbocycles. The van der Waals surface area contributed by atoms with Gasteiger partial charge >= 0.3 is 0 Å². The molecule has 1 N–H and O–H groups in total. The molecule has 1 amide bonds. The van der Waals surface area contributed by atoms with Crippen LogP contribution in [0, 0.1) is 11.3 Å². The van der Waals surface area contributed by atoms with Gasteiger partial charge in [-0.15, -0.1) is 0 Å². The van der Waals surface area contributed by atoms with Crippen LogP contribution in [-0.2, 0) is 4.79 Å². The van der Waals surface area contributed by atoms with Crippen LogP contribution in [0.4, 0.5) is 5.69 Å². The molecule has 3 fully saturated rings. The summed E-state index contributed by atoms with van der Waals surface area (Å²) in [6.45, 7) is 8.90. The van der Waals surface area contributed by atoms with Crippen molar-refractivity contribution >= 4 is 11.6 Å². The Morgan fingerprint density at radius 2 is 2.00 bits per heavy atom. The Morgan fingerprint density at radius 1 is 1.24 bits per heavy atom. The van der Waals surface area contributed by atoms with Gasteiger partial charge in [0.05, 0.1) is 18.6 Å². The van der Waals surface area contributed by atoms with Crippen molar-refractivity contribution in [1.82, 2.24) is 5.32 Å². The number of anilines is 1. The lowest BCUT2D eigenvalue weighted by Crippen LogP contribution is -2.55. The van der Waals surface area contributed by atoms with Gasteiger partial charge in [-0.1, -0.05) is 33.1 Å². The van der Waals surface area contributed by atoms with E-state index in [0.717, 1.165) is 25.3 Å². The molecule has 3 heterocycles. The summed E-state index contributed by atoms with van der Waals surface area (Å²) in [5.74, 6) is 1.24. The van der Waals surface area contributed by atoms with Crippen LogP contribution >= 0.6 is 0 Å². The number of rotatable bonds is 7. The third-order valence-corrected chi connectivity index (χ3v) is 5.98. The smallest absolute Gasteiger partial charge is 0.224 e. The van der Waals surface area contributed by atoms with E-state index in [1.54, 1.807) is 0 Å². The van der Waals surface area contributed by atoms with Gasteiger partial charge in [0.15, 0.2) is 0 Å². The first-order chi connectivity index (χ1) is 12.1. The Hall–Kier alpha value is -1.71. The quantitative estimate of drug-likeness (QED) is 0.760. The van der Waals surface area contributed by atoms with Gasteiger partial charge in [0.2, 0.25) is 5.91 Å². The first-order valence-corrected chi connectivity index (χ1v) is 9.84. The normalized spacial score (nSPS) is 28.6. The maximum absolute atomic E-state index is 12.4. The molecular weight excluding hydrogens is 312 g/mol. The minimum Gasteiger partial charge on any atom is -0.494 e. The van der Waals surface area contributed by atoms with Crippen molar-refractivity contribution in [2.75, 3.05) is 24.6 Å². The maximum Gasteiger partial charge on any atom is 0.224 e. The maximum atomic E-state index is 12.4. The molecule has 138 valence electrons. The van der Waals surface area contributed by atoms with Crippen LogP contribution < -0.4 is 15.0 Å². The molecule has 0 radical (unpaired) electrons. The summed E-state index contributed by atoms with van der Waals surface area (Å²) in [5, 5.41) is 3.18. The van der Waals surface area contributed by atoms with Crippen molar-refractivity contribution in [2.45, 2.75) is 58.9 Å². The summed E-state index contributed by atoms with van der Waals surface area (Å²) in [6, 6.07) is 8.73. The predicted octanol–water partition coefficient (Wildman–Crippen LogP) is 4.00. The lowest BCUT2D eigenvalue weighted by molar-refractivity contribution is -0.124. The fourth-order valence-electron chi connectivity index (χ4n) is 4.61. The zero-order chi connectivity index (χ0) is 17.9. The van der Waals surface area contributed by atoms with Crippen molar-refractivity contribution in [1.29, 1.82) is 0 Å². The Kier molecular flexibility index (Phi) is 5.55. The number of ether oxygens (including phenoxy) is 1. The Bertz CT molecular complexity index is 586. The monoisotopic (exact) mass is 344 g/mol. The Labute approximate surface area is 151 Å². The van der Waals surface area contributed by atoms with Crippen molar-refractivity contribution in [3.63, 3.8) is 0 Å². The van der Waals surface area contributed by atoms with Crippen molar-refractivity contribution in [3.8, 4) is 5.75 Å². The largest absolute Gasteiger partial charge is 0.494 e. The van der Waals surface area contributed by atoms with Crippen LogP contribution in [0.5, 0.6) is 5.75 Å². The highest BCUT2D eigenvalue weighted by atomic mass is 16.5. The second kappa shape index (κ2) is 7.67. The molecule has 1 unspecified atom stereocenters. The summed E-state index contributed by atoms with van der Waals surface area (Å²) in [4.78, 5) is 14.9. The summed E-state index contributed by atoms with van der Waals surface area (Å²) in [7, 11) is 0. The highest BCUT2D eigenvalue weighted by Crippen LogP contribution is 2.45. The number of nitrogens with one attached hydrogen (secondary N) is 1. The number of benzene rings is 1. The van der Waals surface area contributed by atoms with Gasteiger partial charge in [0.25, 0.3) is 0 Å². The highest BCUT2D eigenvalue weighted by Gasteiger charge is 2.48. The van der Waals surface area contributed by atoms with E-state index in [1.165, 1.54) is 31.4 Å². The number of carbonyl (C=O) groups excluding carboxylic acids is 1. The van der Waals surface area contributed by atoms with Gasteiger partial charge in [-0.2, -0.15) is 0 Å². The summed E-state index contributed by atoms with van der Waals surface area (Å²) < 4.78 is 5.57. The standard InChI is InChI=1S/C21H32N2O2/c1-4-6-7-12-21(3)13-16-15-23(19(21)14-22-20(16)24)17-8-10-18(11-9-17)25-5-2/h8-11,16,19H,4-7,12-15H2,1-3H3,(H,22,24)/t16-,19+,21?/m0/s1. The molecular formula is C21H32N2O2. The fourth-order valence-corrected chi connectivity index (χ4v) is 4.61. The van der Waals surface area contributed by atoms with Crippen LogP contribution in [0.1, 0.15) is 52.9 Å². The lowest BCUT2D eigenvalue weighted by Gasteiger charge is -2.49. The molecule has 0 spiro atoms. The summed E-state index contributed by atoms with van der Waals surface area (Å²) in [6.07, 6.45) is 5.98. The number of nitrogens with zero attached hydrogens (tertiary/aromatic N) is 1. The number of carbonyl (C=O) groups is 1. The minimum atomic E-state index is 0.0944. The van der Waals surface area contributed by atoms with Gasteiger partial charge in [-0.3, -0.25) is 4.79 Å². The van der Waals surface area contributed by atoms with Crippen LogP contribution in [0.3, 0.4) is 0 Å². The van der Waals surface area contributed by atoms with Gasteiger partial charge in [0.1, 0.15) is 5.75 Å². The van der Waals surface area contributed by atoms with Gasteiger partial charge in [-0.05, 0) is 49.4 Å². The molecule has 3 saturated heterocycles. The van der Waals surface area contributed by atoms with Crippen LogP contribution in [0.2, 0.25) is 0 Å². The van der Waals surface area contributed by atoms with E-state index < -0.39 is 0 Å². The molecule has 4 nitrogen and oxygen atoms in total. The van der Waals surface area contributed by atoms with Crippen LogP contribution in [0.15, 0.2) is 24.3 Å². The molecule has 0 aromatic heterocycles. The van der Waals surface area contributed by atoms with Crippen LogP contribution in [0.25, 0.3) is 0 Å². The predicted molar refractivity (Wildman–Crippen MR) is 102 cm³/mol. The van der Waals surface area contributed by atoms with E-state index in [2.05, 4.69) is 36.2 Å². The summed E-state index contributed by atoms with van der Waals surface area (Å²) >= 11 is 0. The van der Waals surface area contributed by atoms with E-state index in [9.17, 15) is 4.79 Å². The number of hydrogen-bond acceptors (Lipinski definition) is 3. The third kappa shape index (κ3) is 3.78. The van der Waals surface area contributed by atoms with E-state index in [4.69, 9.17) is 4.74 Å². The van der Waals surface area contributed by atoms with Crippen LogP contribution in [-0.4, -0.2) is 31.6 Å². The lowest BCUT2D eigenvalue weighted by atomic mass is 9.68. The molecule has 3 atom stereocenters.